The number of carbonyl (C=O) groups excluding carboxylic acids is 1. The summed E-state index contributed by atoms with van der Waals surface area (Å²) < 4.78 is 18.4. The van der Waals surface area contributed by atoms with E-state index in [4.69, 9.17) is 4.74 Å². The second-order valence-electron chi connectivity index (χ2n) is 3.54. The molecule has 18 heavy (non-hydrogen) atoms. The van der Waals surface area contributed by atoms with Gasteiger partial charge in [-0.2, -0.15) is 11.3 Å². The molecule has 0 aliphatic heterocycles. The van der Waals surface area contributed by atoms with Gasteiger partial charge in [0.05, 0.1) is 17.9 Å². The standard InChI is InChI=1S/C13H12FNO2S/c1-2-17-12-7-10(14)3-4-11(12)15-13(16)9-5-6-18-8-9/h3-8H,2H2,1H3,(H,15,16). The molecule has 2 rings (SSSR count). The summed E-state index contributed by atoms with van der Waals surface area (Å²) in [5.74, 6) is -0.295. The average molecular weight is 265 g/mol. The molecule has 1 aromatic carbocycles. The largest absolute Gasteiger partial charge is 0.492 e. The van der Waals surface area contributed by atoms with Gasteiger partial charge in [0.2, 0.25) is 0 Å². The highest BCUT2D eigenvalue weighted by atomic mass is 32.1. The van der Waals surface area contributed by atoms with Gasteiger partial charge in [0.1, 0.15) is 11.6 Å². The Morgan fingerprint density at radius 3 is 2.94 bits per heavy atom. The number of hydrogen-bond donors (Lipinski definition) is 1. The third kappa shape index (κ3) is 2.87. The smallest absolute Gasteiger partial charge is 0.256 e. The minimum atomic E-state index is -0.396. The van der Waals surface area contributed by atoms with Crippen LogP contribution in [0.15, 0.2) is 35.0 Å². The Hall–Kier alpha value is -1.88. The van der Waals surface area contributed by atoms with Gasteiger partial charge in [0.15, 0.2) is 0 Å². The predicted molar refractivity (Wildman–Crippen MR) is 69.8 cm³/mol. The Morgan fingerprint density at radius 2 is 2.28 bits per heavy atom. The Morgan fingerprint density at radius 1 is 1.44 bits per heavy atom. The van der Waals surface area contributed by atoms with Crippen LogP contribution in [0.4, 0.5) is 10.1 Å². The molecule has 0 radical (unpaired) electrons. The van der Waals surface area contributed by atoms with Crippen molar-refractivity contribution in [3.8, 4) is 5.75 Å². The summed E-state index contributed by atoms with van der Waals surface area (Å²) in [7, 11) is 0. The second-order valence-corrected chi connectivity index (χ2v) is 4.32. The van der Waals surface area contributed by atoms with E-state index in [9.17, 15) is 9.18 Å². The van der Waals surface area contributed by atoms with Crippen LogP contribution in [0.5, 0.6) is 5.75 Å². The lowest BCUT2D eigenvalue weighted by molar-refractivity contribution is 0.102. The first-order valence-corrected chi connectivity index (χ1v) is 6.41. The molecule has 94 valence electrons. The van der Waals surface area contributed by atoms with E-state index >= 15 is 0 Å². The number of thiophene rings is 1. The van der Waals surface area contributed by atoms with Gasteiger partial charge >= 0.3 is 0 Å². The monoisotopic (exact) mass is 265 g/mol. The van der Waals surface area contributed by atoms with Gasteiger partial charge in [-0.3, -0.25) is 4.79 Å². The second kappa shape index (κ2) is 5.64. The number of rotatable bonds is 4. The lowest BCUT2D eigenvalue weighted by Crippen LogP contribution is -2.12. The molecule has 0 atom stereocenters. The van der Waals surface area contributed by atoms with Crippen LogP contribution in [0.3, 0.4) is 0 Å². The first-order valence-electron chi connectivity index (χ1n) is 5.46. The Balaban J connectivity index is 2.20. The third-order valence-corrected chi connectivity index (χ3v) is 2.96. The molecule has 0 saturated heterocycles. The van der Waals surface area contributed by atoms with Crippen molar-refractivity contribution in [3.63, 3.8) is 0 Å². The fourth-order valence-corrected chi connectivity index (χ4v) is 2.10. The summed E-state index contributed by atoms with van der Waals surface area (Å²) in [6.07, 6.45) is 0. The first kappa shape index (κ1) is 12.6. The van der Waals surface area contributed by atoms with Gasteiger partial charge in [-0.15, -0.1) is 0 Å². The molecule has 0 unspecified atom stereocenters. The van der Waals surface area contributed by atoms with Crippen molar-refractivity contribution >= 4 is 22.9 Å². The molecule has 1 heterocycles. The van der Waals surface area contributed by atoms with Crippen molar-refractivity contribution in [3.05, 3.63) is 46.4 Å². The summed E-state index contributed by atoms with van der Waals surface area (Å²) in [6.45, 7) is 2.21. The van der Waals surface area contributed by atoms with Gasteiger partial charge < -0.3 is 10.1 Å². The highest BCUT2D eigenvalue weighted by molar-refractivity contribution is 7.08. The van der Waals surface area contributed by atoms with Crippen molar-refractivity contribution in [1.29, 1.82) is 0 Å². The predicted octanol–water partition coefficient (Wildman–Crippen LogP) is 3.54. The van der Waals surface area contributed by atoms with Gasteiger partial charge in [0.25, 0.3) is 5.91 Å². The van der Waals surface area contributed by atoms with Crippen LogP contribution in [0, 0.1) is 5.82 Å². The van der Waals surface area contributed by atoms with Crippen molar-refractivity contribution in [2.45, 2.75) is 6.92 Å². The Kier molecular flexibility index (Phi) is 3.94. The molecule has 3 nitrogen and oxygen atoms in total. The molecule has 1 N–H and O–H groups in total. The van der Waals surface area contributed by atoms with E-state index in [1.807, 2.05) is 5.38 Å². The average Bonchev–Trinajstić information content (AvgIpc) is 2.86. The van der Waals surface area contributed by atoms with E-state index in [1.165, 1.54) is 29.5 Å². The zero-order chi connectivity index (χ0) is 13.0. The number of halogens is 1. The fraction of sp³-hybridized carbons (Fsp3) is 0.154. The first-order chi connectivity index (χ1) is 8.70. The van der Waals surface area contributed by atoms with Gasteiger partial charge in [-0.1, -0.05) is 0 Å². The van der Waals surface area contributed by atoms with Crippen LogP contribution in [0.2, 0.25) is 0 Å². The van der Waals surface area contributed by atoms with E-state index in [1.54, 1.807) is 18.4 Å². The van der Waals surface area contributed by atoms with E-state index in [2.05, 4.69) is 5.32 Å². The summed E-state index contributed by atoms with van der Waals surface area (Å²) in [4.78, 5) is 11.9. The normalized spacial score (nSPS) is 10.1. The molecular weight excluding hydrogens is 253 g/mol. The van der Waals surface area contributed by atoms with Gasteiger partial charge in [0, 0.05) is 11.4 Å². The molecular formula is C13H12FNO2S. The molecule has 5 heteroatoms. The van der Waals surface area contributed by atoms with E-state index in [0.717, 1.165) is 0 Å². The van der Waals surface area contributed by atoms with Crippen LogP contribution < -0.4 is 10.1 Å². The molecule has 0 spiro atoms. The number of anilines is 1. The molecule has 0 aliphatic rings. The topological polar surface area (TPSA) is 38.3 Å². The van der Waals surface area contributed by atoms with E-state index in [0.29, 0.717) is 23.6 Å². The molecule has 0 saturated carbocycles. The molecule has 0 aliphatic carbocycles. The Labute approximate surface area is 108 Å². The molecule has 1 aromatic heterocycles. The summed E-state index contributed by atoms with van der Waals surface area (Å²) in [5.41, 5.74) is 1.04. The van der Waals surface area contributed by atoms with Crippen LogP contribution >= 0.6 is 11.3 Å². The number of ether oxygens (including phenoxy) is 1. The van der Waals surface area contributed by atoms with Crippen LogP contribution in [-0.2, 0) is 0 Å². The lowest BCUT2D eigenvalue weighted by atomic mass is 10.2. The van der Waals surface area contributed by atoms with Crippen molar-refractivity contribution in [1.82, 2.24) is 0 Å². The van der Waals surface area contributed by atoms with E-state index < -0.39 is 5.82 Å². The minimum Gasteiger partial charge on any atom is -0.492 e. The zero-order valence-corrected chi connectivity index (χ0v) is 10.6. The quantitative estimate of drug-likeness (QED) is 0.918. The van der Waals surface area contributed by atoms with Gasteiger partial charge in [-0.25, -0.2) is 4.39 Å². The maximum atomic E-state index is 13.1. The summed E-state index contributed by atoms with van der Waals surface area (Å²) in [5, 5.41) is 6.27. The Bertz CT molecular complexity index is 540. The number of carbonyl (C=O) groups is 1. The number of hydrogen-bond acceptors (Lipinski definition) is 3. The third-order valence-electron chi connectivity index (χ3n) is 2.28. The summed E-state index contributed by atoms with van der Waals surface area (Å²) in [6, 6.07) is 5.76. The molecule has 0 fully saturated rings. The van der Waals surface area contributed by atoms with Crippen LogP contribution in [0.1, 0.15) is 17.3 Å². The highest BCUT2D eigenvalue weighted by Gasteiger charge is 2.10. The van der Waals surface area contributed by atoms with Crippen molar-refractivity contribution < 1.29 is 13.9 Å². The molecule has 1 amide bonds. The maximum Gasteiger partial charge on any atom is 0.256 e. The fourth-order valence-electron chi connectivity index (χ4n) is 1.46. The van der Waals surface area contributed by atoms with E-state index in [-0.39, 0.29) is 5.91 Å². The van der Waals surface area contributed by atoms with Crippen LogP contribution in [0.25, 0.3) is 0 Å². The molecule has 2 aromatic rings. The SMILES string of the molecule is CCOc1cc(F)ccc1NC(=O)c1ccsc1. The minimum absolute atomic E-state index is 0.233. The zero-order valence-electron chi connectivity index (χ0n) is 9.77. The highest BCUT2D eigenvalue weighted by Crippen LogP contribution is 2.26. The summed E-state index contributed by atoms with van der Waals surface area (Å²) >= 11 is 1.44. The van der Waals surface area contributed by atoms with Crippen LogP contribution in [-0.4, -0.2) is 12.5 Å². The number of amides is 1. The van der Waals surface area contributed by atoms with Crippen molar-refractivity contribution in [2.24, 2.45) is 0 Å². The maximum absolute atomic E-state index is 13.1. The number of nitrogens with one attached hydrogen (secondary N) is 1. The van der Waals surface area contributed by atoms with Crippen molar-refractivity contribution in [2.75, 3.05) is 11.9 Å². The number of benzene rings is 1. The van der Waals surface area contributed by atoms with Gasteiger partial charge in [-0.05, 0) is 30.5 Å². The lowest BCUT2D eigenvalue weighted by Gasteiger charge is -2.11. The molecule has 0 bridgehead atoms.